The van der Waals surface area contributed by atoms with Crippen molar-refractivity contribution >= 4 is 23.7 Å². The first-order valence-corrected chi connectivity index (χ1v) is 15.4. The highest BCUT2D eigenvalue weighted by molar-refractivity contribution is 5.97. The lowest BCUT2D eigenvalue weighted by Crippen LogP contribution is -2.58. The Bertz CT molecular complexity index is 1510. The molecule has 1 fully saturated rings. The highest BCUT2D eigenvalue weighted by atomic mass is 16.5. The lowest BCUT2D eigenvalue weighted by Gasteiger charge is -2.39. The van der Waals surface area contributed by atoms with E-state index in [0.717, 1.165) is 5.56 Å². The zero-order chi connectivity index (χ0) is 31.9. The van der Waals surface area contributed by atoms with Crippen LogP contribution < -0.4 is 20.1 Å². The number of benzene rings is 2. The number of carbonyl (C=O) groups excluding carboxylic acids is 3. The van der Waals surface area contributed by atoms with Gasteiger partial charge in [-0.15, -0.1) is 0 Å². The summed E-state index contributed by atoms with van der Waals surface area (Å²) in [5.41, 5.74) is 1.58. The molecule has 0 spiro atoms. The number of piperidine rings is 1. The molecule has 2 aliphatic rings. The largest absolute Gasteiger partial charge is 0.491 e. The van der Waals surface area contributed by atoms with Gasteiger partial charge in [-0.2, -0.15) is 0 Å². The van der Waals surface area contributed by atoms with E-state index in [2.05, 4.69) is 20.6 Å². The van der Waals surface area contributed by atoms with E-state index in [1.54, 1.807) is 23.1 Å². The molecule has 4 bridgehead atoms. The van der Waals surface area contributed by atoms with Gasteiger partial charge in [-0.3, -0.25) is 14.4 Å². The minimum atomic E-state index is -0.507. The topological polar surface area (TPSA) is 135 Å². The Morgan fingerprint density at radius 1 is 1.11 bits per heavy atom. The molecular formula is C33H40N6O6. The van der Waals surface area contributed by atoms with Crippen molar-refractivity contribution in [1.29, 1.82) is 0 Å². The summed E-state index contributed by atoms with van der Waals surface area (Å²) in [4.78, 5) is 52.1. The molecule has 45 heavy (non-hydrogen) atoms. The van der Waals surface area contributed by atoms with Gasteiger partial charge in [0, 0.05) is 50.2 Å². The van der Waals surface area contributed by atoms with Crippen LogP contribution >= 0.6 is 0 Å². The van der Waals surface area contributed by atoms with Gasteiger partial charge in [0.25, 0.3) is 11.8 Å². The molecule has 3 aromatic rings. The number of amides is 3. The van der Waals surface area contributed by atoms with Crippen LogP contribution in [0.25, 0.3) is 0 Å². The Kier molecular flexibility index (Phi) is 10.1. The van der Waals surface area contributed by atoms with E-state index in [-0.39, 0.29) is 49.6 Å². The number of nitrogens with zero attached hydrogens (tertiary/aromatic N) is 4. The maximum Gasteiger partial charge on any atom is 0.257 e. The number of anilines is 1. The first kappa shape index (κ1) is 31.7. The van der Waals surface area contributed by atoms with E-state index in [4.69, 9.17) is 14.2 Å². The number of likely N-dealkylation sites (N-methyl/N-ethyl adjacent to an activating group) is 1. The minimum absolute atomic E-state index is 0.116. The Morgan fingerprint density at radius 2 is 1.91 bits per heavy atom. The molecule has 5 rings (SSSR count). The highest BCUT2D eigenvalue weighted by Gasteiger charge is 2.34. The summed E-state index contributed by atoms with van der Waals surface area (Å²) in [5, 5.41) is 6.07. The van der Waals surface area contributed by atoms with Gasteiger partial charge in [-0.25, -0.2) is 9.97 Å². The maximum atomic E-state index is 13.7. The summed E-state index contributed by atoms with van der Waals surface area (Å²) in [7, 11) is 0. The van der Waals surface area contributed by atoms with Crippen molar-refractivity contribution in [2.45, 2.75) is 59.0 Å². The number of rotatable bonds is 6. The van der Waals surface area contributed by atoms with Gasteiger partial charge in [0.2, 0.25) is 11.9 Å². The van der Waals surface area contributed by atoms with Crippen molar-refractivity contribution in [2.75, 3.05) is 38.0 Å². The van der Waals surface area contributed by atoms with Crippen molar-refractivity contribution < 1.29 is 28.6 Å². The molecular weight excluding hydrogens is 576 g/mol. The molecule has 0 aliphatic carbocycles. The number of hydrogen-bond donors (Lipinski definition) is 2. The summed E-state index contributed by atoms with van der Waals surface area (Å²) >= 11 is 0. The molecule has 0 radical (unpaired) electrons. The molecule has 1 saturated heterocycles. The Morgan fingerprint density at radius 3 is 2.64 bits per heavy atom. The maximum absolute atomic E-state index is 13.7. The zero-order valence-corrected chi connectivity index (χ0v) is 26.1. The van der Waals surface area contributed by atoms with Crippen molar-refractivity contribution in [3.8, 4) is 17.2 Å². The predicted octanol–water partition coefficient (Wildman–Crippen LogP) is 3.88. The SMILES string of the molecule is CCNc1ncc(C(=O)N2CC[C@@H]3OCc4cccc(c4)Oc4cc(OC(C)C)cc(c4)C(=O)N(CC)CC(=O)N[C@H]3C2)cn1. The van der Waals surface area contributed by atoms with Gasteiger partial charge < -0.3 is 34.6 Å². The summed E-state index contributed by atoms with van der Waals surface area (Å²) < 4.78 is 18.5. The predicted molar refractivity (Wildman–Crippen MR) is 168 cm³/mol. The van der Waals surface area contributed by atoms with Gasteiger partial charge in [-0.05, 0) is 63.9 Å². The molecule has 0 saturated carbocycles. The smallest absolute Gasteiger partial charge is 0.257 e. The molecule has 2 aromatic carbocycles. The van der Waals surface area contributed by atoms with Gasteiger partial charge in [0.15, 0.2) is 0 Å². The number of aromatic nitrogens is 2. The average molecular weight is 617 g/mol. The molecule has 2 atom stereocenters. The normalized spacial score (nSPS) is 19.0. The highest BCUT2D eigenvalue weighted by Crippen LogP contribution is 2.30. The molecule has 1 aromatic heterocycles. The van der Waals surface area contributed by atoms with Crippen molar-refractivity contribution in [3.05, 3.63) is 71.5 Å². The first-order chi connectivity index (χ1) is 21.7. The quantitative estimate of drug-likeness (QED) is 0.423. The fourth-order valence-corrected chi connectivity index (χ4v) is 5.39. The van der Waals surface area contributed by atoms with Crippen LogP contribution in [0.2, 0.25) is 0 Å². The molecule has 2 aliphatic heterocycles. The molecule has 3 heterocycles. The summed E-state index contributed by atoms with van der Waals surface area (Å²) in [6.45, 7) is 9.31. The number of fused-ring (bicyclic) bond motifs is 5. The lowest BCUT2D eigenvalue weighted by molar-refractivity contribution is -0.124. The Balaban J connectivity index is 1.41. The van der Waals surface area contributed by atoms with E-state index in [9.17, 15) is 14.4 Å². The fraction of sp³-hybridized carbons (Fsp3) is 0.424. The van der Waals surface area contributed by atoms with E-state index in [1.807, 2.05) is 52.0 Å². The van der Waals surface area contributed by atoms with Gasteiger partial charge in [-0.1, -0.05) is 12.1 Å². The second kappa shape index (κ2) is 14.4. The standard InChI is InChI=1S/C33H40N6O6/c1-5-34-33-35-16-24(17-36-33)32(42)39-11-10-29-28(18-39)37-30(40)19-38(6-2)31(41)23-13-26(44-21(3)4)15-27(14-23)45-25-9-7-8-22(12-25)20-43-29/h7-9,12-17,21,28-29H,5-6,10-11,18-20H2,1-4H3,(H,37,40)(H,34,35,36)/t28-,29-/m0/s1. The summed E-state index contributed by atoms with van der Waals surface area (Å²) in [6.07, 6.45) is 3.02. The number of nitrogens with one attached hydrogen (secondary N) is 2. The van der Waals surface area contributed by atoms with Crippen LogP contribution in [0.5, 0.6) is 17.2 Å². The lowest BCUT2D eigenvalue weighted by atomic mass is 10.0. The van der Waals surface area contributed by atoms with Crippen LogP contribution in [0.4, 0.5) is 5.95 Å². The van der Waals surface area contributed by atoms with E-state index in [0.29, 0.717) is 60.4 Å². The van der Waals surface area contributed by atoms with Crippen molar-refractivity contribution in [3.63, 3.8) is 0 Å². The van der Waals surface area contributed by atoms with Crippen molar-refractivity contribution in [2.24, 2.45) is 0 Å². The molecule has 0 unspecified atom stereocenters. The van der Waals surface area contributed by atoms with Crippen LogP contribution in [0.15, 0.2) is 54.9 Å². The van der Waals surface area contributed by atoms with Gasteiger partial charge in [0.1, 0.15) is 17.2 Å². The molecule has 238 valence electrons. The van der Waals surface area contributed by atoms with Gasteiger partial charge in [0.05, 0.1) is 37.0 Å². The molecule has 3 amide bonds. The third kappa shape index (κ3) is 8.07. The number of carbonyl (C=O) groups is 3. The third-order valence-corrected chi connectivity index (χ3v) is 7.52. The second-order valence-electron chi connectivity index (χ2n) is 11.3. The molecule has 2 N–H and O–H groups in total. The zero-order valence-electron chi connectivity index (χ0n) is 26.1. The Labute approximate surface area is 263 Å². The van der Waals surface area contributed by atoms with Crippen LogP contribution in [0.3, 0.4) is 0 Å². The van der Waals surface area contributed by atoms with E-state index < -0.39 is 6.04 Å². The fourth-order valence-electron chi connectivity index (χ4n) is 5.39. The van der Waals surface area contributed by atoms with E-state index >= 15 is 0 Å². The second-order valence-corrected chi connectivity index (χ2v) is 11.3. The van der Waals surface area contributed by atoms with E-state index in [1.165, 1.54) is 17.3 Å². The van der Waals surface area contributed by atoms with Gasteiger partial charge >= 0.3 is 0 Å². The third-order valence-electron chi connectivity index (χ3n) is 7.52. The first-order valence-electron chi connectivity index (χ1n) is 15.4. The molecule has 12 nitrogen and oxygen atoms in total. The minimum Gasteiger partial charge on any atom is -0.491 e. The summed E-state index contributed by atoms with van der Waals surface area (Å²) in [6, 6.07) is 12.1. The monoisotopic (exact) mass is 616 g/mol. The number of ether oxygens (including phenoxy) is 3. The van der Waals surface area contributed by atoms with Crippen LogP contribution in [0.1, 0.15) is 60.4 Å². The van der Waals surface area contributed by atoms with Crippen LogP contribution in [-0.4, -0.2) is 88.5 Å². The Hall–Kier alpha value is -4.71. The number of hydrogen-bond acceptors (Lipinski definition) is 9. The van der Waals surface area contributed by atoms with Crippen LogP contribution in [-0.2, 0) is 16.1 Å². The summed E-state index contributed by atoms with van der Waals surface area (Å²) in [5.74, 6) is 1.06. The molecule has 12 heteroatoms. The van der Waals surface area contributed by atoms with Crippen molar-refractivity contribution in [1.82, 2.24) is 25.1 Å². The number of likely N-dealkylation sites (tertiary alicyclic amines) is 1. The average Bonchev–Trinajstić information content (AvgIpc) is 3.02. The van der Waals surface area contributed by atoms with Crippen LogP contribution in [0, 0.1) is 0 Å².